The summed E-state index contributed by atoms with van der Waals surface area (Å²) >= 11 is 1.87. The molecule has 0 bridgehead atoms. The molecule has 1 amide bonds. The van der Waals surface area contributed by atoms with Crippen molar-refractivity contribution in [3.05, 3.63) is 0 Å². The maximum absolute atomic E-state index is 12.7. The Balaban J connectivity index is 2.67. The highest BCUT2D eigenvalue weighted by Crippen LogP contribution is 2.35. The van der Waals surface area contributed by atoms with Crippen molar-refractivity contribution in [3.63, 3.8) is 0 Å². The molecule has 4 heteroatoms. The Morgan fingerprint density at radius 2 is 1.75 bits per heavy atom. The Morgan fingerprint density at radius 1 is 1.20 bits per heavy atom. The molecular weight excluding hydrogens is 268 g/mol. The number of thioether (sulfide) groups is 1. The van der Waals surface area contributed by atoms with Crippen molar-refractivity contribution >= 4 is 17.7 Å². The first-order chi connectivity index (χ1) is 9.58. The Labute approximate surface area is 128 Å². The highest BCUT2D eigenvalue weighted by Gasteiger charge is 2.38. The van der Waals surface area contributed by atoms with Crippen LogP contribution in [-0.2, 0) is 4.79 Å². The Bertz CT molecular complexity index is 287. The average Bonchev–Trinajstić information content (AvgIpc) is 2.75. The molecule has 0 atom stereocenters. The second-order valence-electron chi connectivity index (χ2n) is 6.18. The molecule has 0 unspecified atom stereocenters. The summed E-state index contributed by atoms with van der Waals surface area (Å²) in [5, 5.41) is 3.23. The minimum absolute atomic E-state index is 0.177. The third-order valence-corrected chi connectivity index (χ3v) is 6.81. The molecule has 118 valence electrons. The van der Waals surface area contributed by atoms with E-state index in [0.29, 0.717) is 6.54 Å². The van der Waals surface area contributed by atoms with Crippen molar-refractivity contribution in [2.24, 2.45) is 11.1 Å². The van der Waals surface area contributed by atoms with E-state index in [1.165, 1.54) is 12.8 Å². The first-order valence-corrected chi connectivity index (χ1v) is 9.34. The summed E-state index contributed by atoms with van der Waals surface area (Å²) in [6.45, 7) is 5.66. The van der Waals surface area contributed by atoms with Crippen LogP contribution in [0, 0.1) is 5.41 Å². The van der Waals surface area contributed by atoms with E-state index in [2.05, 4.69) is 25.4 Å². The van der Waals surface area contributed by atoms with Crippen molar-refractivity contribution in [1.82, 2.24) is 5.32 Å². The lowest BCUT2D eigenvalue weighted by Gasteiger charge is -2.34. The van der Waals surface area contributed by atoms with Gasteiger partial charge in [0.15, 0.2) is 0 Å². The zero-order valence-corrected chi connectivity index (χ0v) is 14.3. The summed E-state index contributed by atoms with van der Waals surface area (Å²) in [5.74, 6) is 0.197. The summed E-state index contributed by atoms with van der Waals surface area (Å²) in [5.41, 5.74) is 5.68. The van der Waals surface area contributed by atoms with Crippen LogP contribution in [0.4, 0.5) is 0 Å². The summed E-state index contributed by atoms with van der Waals surface area (Å²) in [4.78, 5) is 12.7. The lowest BCUT2D eigenvalue weighted by Crippen LogP contribution is -2.49. The molecule has 0 saturated heterocycles. The smallest absolute Gasteiger partial charge is 0.227 e. The molecule has 0 aromatic carbocycles. The number of amides is 1. The zero-order chi connectivity index (χ0) is 15.1. The molecule has 3 N–H and O–H groups in total. The van der Waals surface area contributed by atoms with Crippen molar-refractivity contribution < 1.29 is 4.79 Å². The molecule has 0 heterocycles. The SMILES string of the molecule is CCC(CC)(CNC(=O)C1(CN)CCCCCC1)SC. The van der Waals surface area contributed by atoms with Crippen LogP contribution in [-0.4, -0.2) is 30.0 Å². The minimum Gasteiger partial charge on any atom is -0.354 e. The van der Waals surface area contributed by atoms with Gasteiger partial charge in [0.25, 0.3) is 0 Å². The molecule has 0 spiro atoms. The normalized spacial score (nSPS) is 19.4. The summed E-state index contributed by atoms with van der Waals surface area (Å²) in [6, 6.07) is 0. The molecule has 1 saturated carbocycles. The number of hydrogen-bond acceptors (Lipinski definition) is 3. The van der Waals surface area contributed by atoms with Crippen LogP contribution < -0.4 is 11.1 Å². The largest absolute Gasteiger partial charge is 0.354 e. The Hall–Kier alpha value is -0.220. The van der Waals surface area contributed by atoms with Gasteiger partial charge in [-0.15, -0.1) is 0 Å². The van der Waals surface area contributed by atoms with E-state index in [-0.39, 0.29) is 16.1 Å². The van der Waals surface area contributed by atoms with Gasteiger partial charge in [-0.3, -0.25) is 4.79 Å². The lowest BCUT2D eigenvalue weighted by molar-refractivity contribution is -0.131. The van der Waals surface area contributed by atoms with E-state index >= 15 is 0 Å². The molecule has 0 aromatic heterocycles. The fraction of sp³-hybridized carbons (Fsp3) is 0.938. The second-order valence-corrected chi connectivity index (χ2v) is 7.45. The van der Waals surface area contributed by atoms with Crippen molar-refractivity contribution in [1.29, 1.82) is 0 Å². The highest BCUT2D eigenvalue weighted by atomic mass is 32.2. The van der Waals surface area contributed by atoms with Crippen molar-refractivity contribution in [3.8, 4) is 0 Å². The van der Waals surface area contributed by atoms with Gasteiger partial charge in [-0.1, -0.05) is 39.5 Å². The maximum Gasteiger partial charge on any atom is 0.227 e. The second kappa shape index (κ2) is 8.28. The maximum atomic E-state index is 12.7. The lowest BCUT2D eigenvalue weighted by atomic mass is 9.79. The van der Waals surface area contributed by atoms with Gasteiger partial charge in [-0.25, -0.2) is 0 Å². The standard InChI is InChI=1S/C16H32N2OS/c1-4-16(5-2,20-3)13-18-14(19)15(12-17)10-8-6-7-9-11-15/h4-13,17H2,1-3H3,(H,18,19). The van der Waals surface area contributed by atoms with Gasteiger partial charge in [0.05, 0.1) is 5.41 Å². The Morgan fingerprint density at radius 3 is 2.15 bits per heavy atom. The van der Waals surface area contributed by atoms with E-state index in [0.717, 1.165) is 45.1 Å². The number of nitrogens with one attached hydrogen (secondary N) is 1. The van der Waals surface area contributed by atoms with Crippen LogP contribution >= 0.6 is 11.8 Å². The van der Waals surface area contributed by atoms with Crippen LogP contribution in [0.2, 0.25) is 0 Å². The van der Waals surface area contributed by atoms with Crippen LogP contribution in [0.1, 0.15) is 65.2 Å². The first-order valence-electron chi connectivity index (χ1n) is 8.11. The number of carbonyl (C=O) groups is 1. The van der Waals surface area contributed by atoms with E-state index < -0.39 is 0 Å². The van der Waals surface area contributed by atoms with Crippen LogP contribution in [0.5, 0.6) is 0 Å². The summed E-state index contributed by atoms with van der Waals surface area (Å²) < 4.78 is 0.177. The van der Waals surface area contributed by atoms with Crippen molar-refractivity contribution in [2.75, 3.05) is 19.3 Å². The van der Waals surface area contributed by atoms with E-state index in [1.54, 1.807) is 0 Å². The molecular formula is C16H32N2OS. The molecule has 1 rings (SSSR count). The van der Waals surface area contributed by atoms with E-state index in [9.17, 15) is 4.79 Å². The number of hydrogen-bond donors (Lipinski definition) is 2. The topological polar surface area (TPSA) is 55.1 Å². The molecule has 1 aliphatic rings. The summed E-state index contributed by atoms with van der Waals surface area (Å²) in [7, 11) is 0. The van der Waals surface area contributed by atoms with E-state index in [4.69, 9.17) is 5.73 Å². The number of carbonyl (C=O) groups excluding carboxylic acids is 1. The van der Waals surface area contributed by atoms with Gasteiger partial charge >= 0.3 is 0 Å². The van der Waals surface area contributed by atoms with Crippen LogP contribution in [0.15, 0.2) is 0 Å². The monoisotopic (exact) mass is 300 g/mol. The number of nitrogens with two attached hydrogens (primary N) is 1. The van der Waals surface area contributed by atoms with E-state index in [1.807, 2.05) is 11.8 Å². The van der Waals surface area contributed by atoms with Gasteiger partial charge in [-0.05, 0) is 31.9 Å². The molecule has 0 radical (unpaired) electrons. The predicted molar refractivity (Wildman–Crippen MR) is 89.0 cm³/mol. The van der Waals surface area contributed by atoms with Crippen LogP contribution in [0.25, 0.3) is 0 Å². The van der Waals surface area contributed by atoms with Crippen LogP contribution in [0.3, 0.4) is 0 Å². The van der Waals surface area contributed by atoms with Gasteiger partial charge in [-0.2, -0.15) is 11.8 Å². The van der Waals surface area contributed by atoms with Gasteiger partial charge in [0.1, 0.15) is 0 Å². The van der Waals surface area contributed by atoms with Gasteiger partial charge in [0.2, 0.25) is 5.91 Å². The molecule has 3 nitrogen and oxygen atoms in total. The molecule has 20 heavy (non-hydrogen) atoms. The fourth-order valence-electron chi connectivity index (χ4n) is 3.22. The average molecular weight is 301 g/mol. The minimum atomic E-state index is -0.303. The summed E-state index contributed by atoms with van der Waals surface area (Å²) in [6.07, 6.45) is 11.0. The third-order valence-electron chi connectivity index (χ3n) is 5.23. The Kier molecular flexibility index (Phi) is 7.38. The predicted octanol–water partition coefficient (Wildman–Crippen LogP) is 3.32. The first kappa shape index (κ1) is 17.8. The molecule has 0 aromatic rings. The quantitative estimate of drug-likeness (QED) is 0.709. The fourth-order valence-corrected chi connectivity index (χ4v) is 4.01. The van der Waals surface area contributed by atoms with Gasteiger partial charge < -0.3 is 11.1 Å². The van der Waals surface area contributed by atoms with Gasteiger partial charge in [0, 0.05) is 17.8 Å². The van der Waals surface area contributed by atoms with Crippen molar-refractivity contribution in [2.45, 2.75) is 70.0 Å². The number of rotatable bonds is 7. The zero-order valence-electron chi connectivity index (χ0n) is 13.5. The molecule has 0 aliphatic heterocycles. The molecule has 1 fully saturated rings. The highest BCUT2D eigenvalue weighted by molar-refractivity contribution is 8.00. The molecule has 1 aliphatic carbocycles. The third kappa shape index (κ3) is 4.14.